The lowest BCUT2D eigenvalue weighted by Gasteiger charge is -2.05. The summed E-state index contributed by atoms with van der Waals surface area (Å²) in [6.07, 6.45) is 8.74. The fourth-order valence-electron chi connectivity index (χ4n) is 1.56. The van der Waals surface area contributed by atoms with Crippen molar-refractivity contribution in [3.8, 4) is 5.88 Å². The van der Waals surface area contributed by atoms with Crippen molar-refractivity contribution in [2.75, 3.05) is 6.61 Å². The molecule has 0 fully saturated rings. The Morgan fingerprint density at radius 3 is 2.72 bits per heavy atom. The number of nitrogens with zero attached hydrogens (tertiary/aromatic N) is 3. The van der Waals surface area contributed by atoms with Gasteiger partial charge in [0.1, 0.15) is 0 Å². The van der Waals surface area contributed by atoms with Crippen LogP contribution in [0.2, 0.25) is 0 Å². The van der Waals surface area contributed by atoms with Gasteiger partial charge in [-0.2, -0.15) is 0 Å². The second kappa shape index (κ2) is 6.66. The van der Waals surface area contributed by atoms with E-state index in [9.17, 15) is 0 Å². The summed E-state index contributed by atoms with van der Waals surface area (Å²) < 4.78 is 5.53. The van der Waals surface area contributed by atoms with Crippen LogP contribution in [0.15, 0.2) is 36.9 Å². The van der Waals surface area contributed by atoms with Gasteiger partial charge in [-0.3, -0.25) is 9.97 Å². The Morgan fingerprint density at radius 2 is 1.94 bits per heavy atom. The molecule has 0 atom stereocenters. The maximum Gasteiger partial charge on any atom is 0.232 e. The summed E-state index contributed by atoms with van der Waals surface area (Å²) in [6, 6.07) is 4.02. The van der Waals surface area contributed by atoms with E-state index in [4.69, 9.17) is 10.5 Å². The highest BCUT2D eigenvalue weighted by atomic mass is 16.5. The van der Waals surface area contributed by atoms with Gasteiger partial charge in [-0.25, -0.2) is 4.98 Å². The highest BCUT2D eigenvalue weighted by Crippen LogP contribution is 2.06. The third-order valence-corrected chi connectivity index (χ3v) is 2.48. The van der Waals surface area contributed by atoms with Crippen LogP contribution in [0, 0.1) is 0 Å². The van der Waals surface area contributed by atoms with Crippen LogP contribution in [0.4, 0.5) is 0 Å². The van der Waals surface area contributed by atoms with Crippen molar-refractivity contribution >= 4 is 0 Å². The number of nitrogens with two attached hydrogens (primary N) is 1. The van der Waals surface area contributed by atoms with Crippen molar-refractivity contribution in [1.82, 2.24) is 15.0 Å². The molecule has 0 bridgehead atoms. The number of hydrogen-bond acceptors (Lipinski definition) is 5. The first-order valence-corrected chi connectivity index (χ1v) is 5.91. The first-order chi connectivity index (χ1) is 8.88. The van der Waals surface area contributed by atoms with E-state index in [-0.39, 0.29) is 0 Å². The van der Waals surface area contributed by atoms with Crippen molar-refractivity contribution in [2.45, 2.75) is 19.4 Å². The van der Waals surface area contributed by atoms with Crippen molar-refractivity contribution < 1.29 is 4.74 Å². The first-order valence-electron chi connectivity index (χ1n) is 5.91. The van der Waals surface area contributed by atoms with E-state index in [0.717, 1.165) is 18.5 Å². The molecule has 5 nitrogen and oxygen atoms in total. The molecule has 18 heavy (non-hydrogen) atoms. The second-order valence-electron chi connectivity index (χ2n) is 3.86. The van der Waals surface area contributed by atoms with Crippen molar-refractivity contribution in [1.29, 1.82) is 0 Å². The van der Waals surface area contributed by atoms with Crippen LogP contribution in [-0.2, 0) is 13.0 Å². The molecule has 2 rings (SSSR count). The predicted octanol–water partition coefficient (Wildman–Crippen LogP) is 1.34. The Morgan fingerprint density at radius 1 is 1.11 bits per heavy atom. The molecule has 0 aliphatic heterocycles. The van der Waals surface area contributed by atoms with Gasteiger partial charge in [0.2, 0.25) is 5.88 Å². The molecular formula is C13H16N4O. The molecular weight excluding hydrogens is 228 g/mol. The molecule has 0 amide bonds. The molecule has 2 aromatic heterocycles. The summed E-state index contributed by atoms with van der Waals surface area (Å²) in [5.74, 6) is 0.535. The molecule has 0 aliphatic rings. The lowest BCUT2D eigenvalue weighted by atomic mass is 10.1. The minimum Gasteiger partial charge on any atom is -0.477 e. The van der Waals surface area contributed by atoms with Crippen LogP contribution in [0.3, 0.4) is 0 Å². The van der Waals surface area contributed by atoms with Gasteiger partial charge in [0.05, 0.1) is 18.5 Å². The molecule has 5 heteroatoms. The summed E-state index contributed by atoms with van der Waals surface area (Å²) in [4.78, 5) is 12.2. The zero-order valence-electron chi connectivity index (χ0n) is 10.1. The smallest absolute Gasteiger partial charge is 0.232 e. The quantitative estimate of drug-likeness (QED) is 0.776. The third kappa shape index (κ3) is 3.78. The minimum absolute atomic E-state index is 0.376. The van der Waals surface area contributed by atoms with Crippen molar-refractivity contribution in [2.24, 2.45) is 5.73 Å². The highest BCUT2D eigenvalue weighted by molar-refractivity contribution is 5.10. The van der Waals surface area contributed by atoms with Gasteiger partial charge in [-0.15, -0.1) is 0 Å². The van der Waals surface area contributed by atoms with Crippen molar-refractivity contribution in [3.05, 3.63) is 48.2 Å². The van der Waals surface area contributed by atoms with Crippen LogP contribution in [0.1, 0.15) is 17.7 Å². The molecule has 94 valence electrons. The standard InChI is InChI=1S/C13H16N4O/c14-8-12-9-16-10-13(17-12)18-7-1-2-11-3-5-15-6-4-11/h3-6,9-10H,1-2,7-8,14H2. The van der Waals surface area contributed by atoms with Gasteiger partial charge in [0.15, 0.2) is 0 Å². The zero-order valence-corrected chi connectivity index (χ0v) is 10.1. The molecule has 0 unspecified atom stereocenters. The van der Waals surface area contributed by atoms with E-state index in [0.29, 0.717) is 19.0 Å². The number of rotatable bonds is 6. The third-order valence-electron chi connectivity index (χ3n) is 2.48. The van der Waals surface area contributed by atoms with Gasteiger partial charge in [0, 0.05) is 25.1 Å². The molecule has 0 saturated carbocycles. The molecule has 2 N–H and O–H groups in total. The maximum absolute atomic E-state index is 5.53. The second-order valence-corrected chi connectivity index (χ2v) is 3.86. The lowest BCUT2D eigenvalue weighted by molar-refractivity contribution is 0.297. The molecule has 0 radical (unpaired) electrons. The Bertz CT molecular complexity index is 475. The monoisotopic (exact) mass is 244 g/mol. The molecule has 0 spiro atoms. The molecule has 0 aromatic carbocycles. The van der Waals surface area contributed by atoms with E-state index < -0.39 is 0 Å². The Balaban J connectivity index is 1.75. The normalized spacial score (nSPS) is 10.3. The van der Waals surface area contributed by atoms with E-state index in [1.165, 1.54) is 5.56 Å². The van der Waals surface area contributed by atoms with E-state index in [1.54, 1.807) is 24.8 Å². The van der Waals surface area contributed by atoms with Crippen LogP contribution < -0.4 is 10.5 Å². The highest BCUT2D eigenvalue weighted by Gasteiger charge is 1.98. The summed E-state index contributed by atoms with van der Waals surface area (Å²) >= 11 is 0. The zero-order chi connectivity index (χ0) is 12.6. The van der Waals surface area contributed by atoms with Gasteiger partial charge >= 0.3 is 0 Å². The minimum atomic E-state index is 0.376. The fraction of sp³-hybridized carbons (Fsp3) is 0.308. The van der Waals surface area contributed by atoms with Gasteiger partial charge in [-0.1, -0.05) is 0 Å². The molecule has 2 aromatic rings. The molecule has 2 heterocycles. The van der Waals surface area contributed by atoms with E-state index >= 15 is 0 Å². The van der Waals surface area contributed by atoms with Crippen LogP contribution in [0.25, 0.3) is 0 Å². The summed E-state index contributed by atoms with van der Waals surface area (Å²) in [6.45, 7) is 0.992. The SMILES string of the molecule is NCc1cncc(OCCCc2ccncc2)n1. The predicted molar refractivity (Wildman–Crippen MR) is 68.0 cm³/mol. The molecule has 0 saturated heterocycles. The topological polar surface area (TPSA) is 73.9 Å². The lowest BCUT2D eigenvalue weighted by Crippen LogP contribution is -2.05. The Labute approximate surface area is 106 Å². The van der Waals surface area contributed by atoms with Gasteiger partial charge in [0.25, 0.3) is 0 Å². The summed E-state index contributed by atoms with van der Waals surface area (Å²) in [5.41, 5.74) is 7.48. The first kappa shape index (κ1) is 12.4. The average molecular weight is 244 g/mol. The number of ether oxygens (including phenoxy) is 1. The van der Waals surface area contributed by atoms with Gasteiger partial charge < -0.3 is 10.5 Å². The van der Waals surface area contributed by atoms with Crippen LogP contribution >= 0.6 is 0 Å². The maximum atomic E-state index is 5.53. The van der Waals surface area contributed by atoms with Crippen LogP contribution in [-0.4, -0.2) is 21.6 Å². The summed E-state index contributed by atoms with van der Waals surface area (Å²) in [7, 11) is 0. The number of aromatic nitrogens is 3. The number of aryl methyl sites for hydroxylation is 1. The largest absolute Gasteiger partial charge is 0.477 e. The Kier molecular flexibility index (Phi) is 4.60. The van der Waals surface area contributed by atoms with Crippen molar-refractivity contribution in [3.63, 3.8) is 0 Å². The number of pyridine rings is 1. The number of hydrogen-bond donors (Lipinski definition) is 1. The fourth-order valence-corrected chi connectivity index (χ4v) is 1.56. The summed E-state index contributed by atoms with van der Waals surface area (Å²) in [5, 5.41) is 0. The Hall–Kier alpha value is -2.01. The van der Waals surface area contributed by atoms with E-state index in [2.05, 4.69) is 15.0 Å². The van der Waals surface area contributed by atoms with E-state index in [1.807, 2.05) is 12.1 Å². The molecule has 0 aliphatic carbocycles. The van der Waals surface area contributed by atoms with Crippen LogP contribution in [0.5, 0.6) is 5.88 Å². The van der Waals surface area contributed by atoms with Gasteiger partial charge in [-0.05, 0) is 30.5 Å². The average Bonchev–Trinajstić information content (AvgIpc) is 2.45.